The van der Waals surface area contributed by atoms with Crippen molar-refractivity contribution in [3.63, 3.8) is 0 Å². The molecule has 0 radical (unpaired) electrons. The van der Waals surface area contributed by atoms with Gasteiger partial charge >= 0.3 is 0 Å². The van der Waals surface area contributed by atoms with Gasteiger partial charge in [0.15, 0.2) is 17.4 Å². The maximum Gasteiger partial charge on any atom is 0.255 e. The minimum atomic E-state index is -1.07. The van der Waals surface area contributed by atoms with Gasteiger partial charge in [-0.05, 0) is 54.3 Å². The first-order valence-corrected chi connectivity index (χ1v) is 17.7. The Hall–Kier alpha value is -6.88. The van der Waals surface area contributed by atoms with Crippen molar-refractivity contribution >= 4 is 39.5 Å². The fraction of sp³-hybridized carbons (Fsp3) is 0.220. The van der Waals surface area contributed by atoms with Gasteiger partial charge in [0.1, 0.15) is 36.3 Å². The first kappa shape index (κ1) is 33.9. The highest BCUT2D eigenvalue weighted by Gasteiger charge is 2.41. The zero-order valence-corrected chi connectivity index (χ0v) is 29.0. The fourth-order valence-electron chi connectivity index (χ4n) is 7.12. The lowest BCUT2D eigenvalue weighted by Crippen LogP contribution is -2.52. The van der Waals surface area contributed by atoms with Crippen molar-refractivity contribution in [2.75, 3.05) is 6.61 Å². The van der Waals surface area contributed by atoms with Crippen LogP contribution < -0.4 is 19.5 Å². The molecule has 1 saturated heterocycles. The van der Waals surface area contributed by atoms with Crippen LogP contribution in [0.4, 0.5) is 8.78 Å². The van der Waals surface area contributed by atoms with Crippen LogP contribution >= 0.6 is 0 Å². The number of ether oxygens (including phenoxy) is 3. The first-order valence-electron chi connectivity index (χ1n) is 17.7. The number of hydrogen-bond donors (Lipinski definition) is 2. The Bertz CT molecular complexity index is 2580. The largest absolute Gasteiger partial charge is 0.489 e. The lowest BCUT2D eigenvalue weighted by Gasteiger charge is -2.34. The predicted molar refractivity (Wildman–Crippen MR) is 194 cm³/mol. The zero-order chi connectivity index (χ0) is 37.6. The van der Waals surface area contributed by atoms with Crippen LogP contribution in [-0.2, 0) is 16.1 Å². The summed E-state index contributed by atoms with van der Waals surface area (Å²) in [5.74, 6) is 2.04. The van der Waals surface area contributed by atoms with Gasteiger partial charge in [0.2, 0.25) is 17.7 Å². The van der Waals surface area contributed by atoms with E-state index in [0.29, 0.717) is 30.2 Å². The standard InChI is InChI=1S/C41H30F2N6O6/c42-32-17-29-31(21-49(41(29)52)35-8-9-36(50)48-40(35)51)38(43)39(32)53-13-1-2-24-5-6-25(19-45-24)54-26-15-27(16-26)55-37-10-4-23(18-46-37)22-3-7-28-30-20-44-12-11-33(30)47-34(28)14-22/h3-7,10-12,14,17-20,26-27,35,47H,8-9,13,15-16,21H2,(H,48,50,51)/t26-,27-,35?. The van der Waals surface area contributed by atoms with Crippen molar-refractivity contribution in [1.82, 2.24) is 30.2 Å². The minimum Gasteiger partial charge on any atom is -0.489 e. The molecule has 14 heteroatoms. The van der Waals surface area contributed by atoms with Crippen molar-refractivity contribution in [3.8, 4) is 40.3 Å². The number of H-pyrrole nitrogens is 1. The Morgan fingerprint density at radius 1 is 0.873 bits per heavy atom. The molecule has 1 saturated carbocycles. The highest BCUT2D eigenvalue weighted by atomic mass is 19.1. The highest BCUT2D eigenvalue weighted by Crippen LogP contribution is 2.36. The second kappa shape index (κ2) is 13.8. The molecule has 4 aromatic heterocycles. The van der Waals surface area contributed by atoms with Crippen LogP contribution in [0.15, 0.2) is 79.4 Å². The van der Waals surface area contributed by atoms with Gasteiger partial charge in [-0.15, -0.1) is 0 Å². The molecule has 1 aliphatic carbocycles. The highest BCUT2D eigenvalue weighted by molar-refractivity contribution is 6.08. The van der Waals surface area contributed by atoms with Crippen LogP contribution in [0.2, 0.25) is 0 Å². The molecule has 2 fully saturated rings. The molecule has 3 aliphatic rings. The molecule has 1 unspecified atom stereocenters. The lowest BCUT2D eigenvalue weighted by molar-refractivity contribution is -0.136. The molecule has 3 amide bonds. The van der Waals surface area contributed by atoms with Gasteiger partial charge in [0, 0.05) is 76.9 Å². The predicted octanol–water partition coefficient (Wildman–Crippen LogP) is 5.63. The molecule has 2 aliphatic heterocycles. The minimum absolute atomic E-state index is 0.0251. The second-order valence-electron chi connectivity index (χ2n) is 13.5. The van der Waals surface area contributed by atoms with Crippen molar-refractivity contribution < 1.29 is 37.4 Å². The SMILES string of the molecule is O=C1CCC(N2Cc3c(cc(F)c(OCC#Cc4ccc(O[C@H]5C[C@H](Oc6ccc(-c7ccc8c(c7)[nH]c7ccncc78)cn6)C5)cn4)c3F)C2=O)C(=O)N1. The summed E-state index contributed by atoms with van der Waals surface area (Å²) < 4.78 is 47.6. The summed E-state index contributed by atoms with van der Waals surface area (Å²) in [6, 6.07) is 15.5. The number of nitrogens with zero attached hydrogens (tertiary/aromatic N) is 4. The molecule has 12 nitrogen and oxygen atoms in total. The lowest BCUT2D eigenvalue weighted by atomic mass is 9.92. The van der Waals surface area contributed by atoms with Gasteiger partial charge in [0.05, 0.1) is 18.3 Å². The van der Waals surface area contributed by atoms with Crippen LogP contribution in [0.25, 0.3) is 32.9 Å². The number of benzene rings is 2. The average molecular weight is 741 g/mol. The average Bonchev–Trinajstić information content (AvgIpc) is 3.71. The monoisotopic (exact) mass is 740 g/mol. The summed E-state index contributed by atoms with van der Waals surface area (Å²) in [5, 5.41) is 4.39. The summed E-state index contributed by atoms with van der Waals surface area (Å²) in [5.41, 5.74) is 4.25. The third-order valence-corrected chi connectivity index (χ3v) is 10.0. The third kappa shape index (κ3) is 6.54. The Balaban J connectivity index is 0.745. The van der Waals surface area contributed by atoms with Crippen molar-refractivity contribution in [1.29, 1.82) is 0 Å². The fourth-order valence-corrected chi connectivity index (χ4v) is 7.12. The molecule has 0 bridgehead atoms. The molecule has 6 heterocycles. The van der Waals surface area contributed by atoms with E-state index in [4.69, 9.17) is 14.2 Å². The number of piperidine rings is 1. The van der Waals surface area contributed by atoms with E-state index in [9.17, 15) is 18.8 Å². The van der Waals surface area contributed by atoms with E-state index in [-0.39, 0.29) is 49.3 Å². The smallest absolute Gasteiger partial charge is 0.255 e. The maximum absolute atomic E-state index is 15.3. The van der Waals surface area contributed by atoms with Gasteiger partial charge in [-0.2, -0.15) is 0 Å². The van der Waals surface area contributed by atoms with E-state index in [1.54, 1.807) is 24.5 Å². The number of pyridine rings is 3. The quantitative estimate of drug-likeness (QED) is 0.150. The summed E-state index contributed by atoms with van der Waals surface area (Å²) in [4.78, 5) is 54.3. The van der Waals surface area contributed by atoms with Crippen LogP contribution in [0.5, 0.6) is 17.4 Å². The van der Waals surface area contributed by atoms with E-state index in [1.165, 1.54) is 0 Å². The van der Waals surface area contributed by atoms with Crippen LogP contribution in [0.3, 0.4) is 0 Å². The number of halogens is 2. The number of carbonyl (C=O) groups excluding carboxylic acids is 3. The van der Waals surface area contributed by atoms with E-state index in [1.807, 2.05) is 30.6 Å². The number of rotatable bonds is 8. The summed E-state index contributed by atoms with van der Waals surface area (Å²) in [6.07, 6.45) is 8.45. The summed E-state index contributed by atoms with van der Waals surface area (Å²) >= 11 is 0. The summed E-state index contributed by atoms with van der Waals surface area (Å²) in [7, 11) is 0. The number of imide groups is 1. The van der Waals surface area contributed by atoms with Gasteiger partial charge in [-0.3, -0.25) is 24.7 Å². The number of amides is 3. The number of hydrogen-bond acceptors (Lipinski definition) is 9. The number of aromatic nitrogens is 4. The molecule has 9 rings (SSSR count). The van der Waals surface area contributed by atoms with Gasteiger partial charge in [-0.25, -0.2) is 18.7 Å². The second-order valence-corrected chi connectivity index (χ2v) is 13.5. The molecule has 274 valence electrons. The molecule has 6 aromatic rings. The van der Waals surface area contributed by atoms with Crippen molar-refractivity contribution in [3.05, 3.63) is 108 Å². The maximum atomic E-state index is 15.3. The van der Waals surface area contributed by atoms with Crippen LogP contribution in [0, 0.1) is 23.5 Å². The molecular weight excluding hydrogens is 710 g/mol. The van der Waals surface area contributed by atoms with Gasteiger partial charge in [-0.1, -0.05) is 18.1 Å². The van der Waals surface area contributed by atoms with Crippen LogP contribution in [0.1, 0.15) is 47.3 Å². The first-order chi connectivity index (χ1) is 26.8. The number of aromatic amines is 1. The number of nitrogens with one attached hydrogen (secondary N) is 2. The van der Waals surface area contributed by atoms with Crippen molar-refractivity contribution in [2.45, 2.75) is 50.5 Å². The molecular formula is C41H30F2N6O6. The van der Waals surface area contributed by atoms with E-state index < -0.39 is 41.1 Å². The van der Waals surface area contributed by atoms with Crippen molar-refractivity contribution in [2.24, 2.45) is 0 Å². The molecule has 2 aromatic carbocycles. The normalized spacial score (nSPS) is 19.1. The summed E-state index contributed by atoms with van der Waals surface area (Å²) in [6.45, 7) is -0.603. The Kier molecular flexibility index (Phi) is 8.53. The molecule has 1 atom stereocenters. The molecule has 0 spiro atoms. The van der Waals surface area contributed by atoms with E-state index in [2.05, 4.69) is 55.3 Å². The van der Waals surface area contributed by atoms with Gasteiger partial charge < -0.3 is 24.1 Å². The Morgan fingerprint density at radius 2 is 1.73 bits per heavy atom. The van der Waals surface area contributed by atoms with Gasteiger partial charge in [0.25, 0.3) is 5.91 Å². The van der Waals surface area contributed by atoms with Crippen LogP contribution in [-0.4, -0.2) is 67.4 Å². The Labute approximate surface area is 311 Å². The number of carbonyl (C=O) groups is 3. The molecule has 2 N–H and O–H groups in total. The number of fused-ring (bicyclic) bond motifs is 4. The zero-order valence-electron chi connectivity index (χ0n) is 29.0. The third-order valence-electron chi connectivity index (χ3n) is 10.0. The van der Waals surface area contributed by atoms with E-state index >= 15 is 4.39 Å². The topological polar surface area (TPSA) is 149 Å². The Morgan fingerprint density at radius 3 is 2.53 bits per heavy atom. The molecule has 55 heavy (non-hydrogen) atoms. The van der Waals surface area contributed by atoms with E-state index in [0.717, 1.165) is 43.9 Å².